The number of aliphatic hydroxyl groups excluding tert-OH is 1. The van der Waals surface area contributed by atoms with Crippen LogP contribution in [0.5, 0.6) is 0 Å². The van der Waals surface area contributed by atoms with E-state index in [1.807, 2.05) is 33.0 Å². The van der Waals surface area contributed by atoms with Crippen LogP contribution in [0.25, 0.3) is 0 Å². The minimum absolute atomic E-state index is 0.0706. The Morgan fingerprint density at radius 1 is 1.52 bits per heavy atom. The van der Waals surface area contributed by atoms with Gasteiger partial charge in [-0.1, -0.05) is 6.08 Å². The lowest BCUT2D eigenvalue weighted by Gasteiger charge is -2.38. The fraction of sp³-hybridized carbons (Fsp3) is 0.667. The normalized spacial score (nSPS) is 30.5. The summed E-state index contributed by atoms with van der Waals surface area (Å²) in [4.78, 5) is 4.49. The van der Waals surface area contributed by atoms with Crippen LogP contribution in [-0.2, 0) is 4.74 Å². The van der Waals surface area contributed by atoms with Crippen molar-refractivity contribution < 1.29 is 18.7 Å². The number of alkyl halides is 1. The number of quaternary nitrogens is 1. The van der Waals surface area contributed by atoms with E-state index in [2.05, 4.69) is 10.3 Å². The molecule has 1 fully saturated rings. The lowest BCUT2D eigenvalue weighted by Crippen LogP contribution is -2.55. The van der Waals surface area contributed by atoms with Crippen LogP contribution in [0.3, 0.4) is 0 Å². The molecule has 0 aliphatic carbocycles. The number of nitrogens with zero attached hydrogens (tertiary/aromatic N) is 2. The quantitative estimate of drug-likeness (QED) is 0.366. The molecule has 0 saturated carbocycles. The molecule has 1 saturated heterocycles. The molecule has 0 bridgehead atoms. The minimum atomic E-state index is -1.11. The lowest BCUT2D eigenvalue weighted by atomic mass is 10.1. The monoisotopic (exact) mass is 380 g/mol. The maximum Gasteiger partial charge on any atom is 0.222 e. The molecule has 4 unspecified atom stereocenters. The Hall–Kier alpha value is -1.34. The van der Waals surface area contributed by atoms with Crippen molar-refractivity contribution in [1.29, 1.82) is 0 Å². The van der Waals surface area contributed by atoms with Crippen LogP contribution in [-0.4, -0.2) is 60.7 Å². The molecule has 27 heavy (non-hydrogen) atoms. The number of hydrogen-bond acceptors (Lipinski definition) is 4. The Bertz CT molecular complexity index is 607. The number of ether oxygens (including phenoxy) is 1. The van der Waals surface area contributed by atoms with Gasteiger partial charge in [0.25, 0.3) is 0 Å². The number of nitrogens with one attached hydrogen (secondary N) is 1. The zero-order valence-corrected chi connectivity index (χ0v) is 17.1. The number of aliphatic hydroxyl groups is 1. The van der Waals surface area contributed by atoms with E-state index < -0.39 is 12.4 Å². The minimum Gasteiger partial charge on any atom is -0.378 e. The Morgan fingerprint density at radius 2 is 2.30 bits per heavy atom. The van der Waals surface area contributed by atoms with Crippen molar-refractivity contribution in [3.05, 3.63) is 35.7 Å². The molecule has 0 radical (unpaired) electrons. The summed E-state index contributed by atoms with van der Waals surface area (Å²) in [5, 5.41) is 14.0. The maximum atomic E-state index is 13.7. The zero-order chi connectivity index (χ0) is 19.9. The summed E-state index contributed by atoms with van der Waals surface area (Å²) < 4.78 is 19.4. The van der Waals surface area contributed by atoms with Gasteiger partial charge < -0.3 is 15.2 Å². The molecule has 0 amide bonds. The molecule has 2 aliphatic rings. The van der Waals surface area contributed by atoms with Crippen molar-refractivity contribution in [2.75, 3.05) is 26.7 Å². The lowest BCUT2D eigenvalue weighted by molar-refractivity contribution is -0.826. The zero-order valence-electron chi connectivity index (χ0n) is 17.1. The SMILES string of the molecule is CC1=CC(O)[N+](C)(C(/C=C\CNCCCC2CCCO2)=C/C(C)F)C(C)=N1. The van der Waals surface area contributed by atoms with E-state index in [0.29, 0.717) is 18.3 Å². The van der Waals surface area contributed by atoms with Gasteiger partial charge in [0, 0.05) is 37.9 Å². The van der Waals surface area contributed by atoms with Gasteiger partial charge in [-0.15, -0.1) is 0 Å². The molecular weight excluding hydrogens is 345 g/mol. The Balaban J connectivity index is 1.90. The summed E-state index contributed by atoms with van der Waals surface area (Å²) in [6.07, 6.45) is 10.2. The summed E-state index contributed by atoms with van der Waals surface area (Å²) >= 11 is 0. The topological polar surface area (TPSA) is 53.8 Å². The number of likely N-dealkylation sites (N-methyl/N-ethyl adjacent to an activating group) is 1. The van der Waals surface area contributed by atoms with Crippen molar-refractivity contribution in [3.8, 4) is 0 Å². The van der Waals surface area contributed by atoms with Crippen LogP contribution in [0.4, 0.5) is 4.39 Å². The van der Waals surface area contributed by atoms with Gasteiger partial charge in [-0.25, -0.2) is 13.9 Å². The number of halogens is 1. The first-order valence-corrected chi connectivity index (χ1v) is 9.98. The first kappa shape index (κ1) is 22.0. The van der Waals surface area contributed by atoms with Crippen LogP contribution in [0, 0.1) is 0 Å². The molecule has 0 spiro atoms. The van der Waals surface area contributed by atoms with Gasteiger partial charge in [-0.3, -0.25) is 0 Å². The first-order chi connectivity index (χ1) is 12.8. The summed E-state index contributed by atoms with van der Waals surface area (Å²) in [5.74, 6) is 0.739. The van der Waals surface area contributed by atoms with E-state index in [0.717, 1.165) is 37.5 Å². The van der Waals surface area contributed by atoms with Gasteiger partial charge in [0.05, 0.1) is 13.2 Å². The number of aliphatic imine (C=N–C) groups is 1. The molecule has 152 valence electrons. The molecule has 2 N–H and O–H groups in total. The summed E-state index contributed by atoms with van der Waals surface area (Å²) in [7, 11) is 1.86. The Labute approximate surface area is 162 Å². The van der Waals surface area contributed by atoms with Gasteiger partial charge in [-0.05, 0) is 52.2 Å². The fourth-order valence-electron chi connectivity index (χ4n) is 3.58. The third-order valence-corrected chi connectivity index (χ3v) is 5.32. The molecule has 2 rings (SSSR count). The second kappa shape index (κ2) is 10.3. The van der Waals surface area contributed by atoms with Gasteiger partial charge in [-0.2, -0.15) is 0 Å². The molecule has 6 heteroatoms. The van der Waals surface area contributed by atoms with Crippen molar-refractivity contribution >= 4 is 5.84 Å². The van der Waals surface area contributed by atoms with E-state index >= 15 is 0 Å². The smallest absolute Gasteiger partial charge is 0.222 e. The molecule has 2 aliphatic heterocycles. The van der Waals surface area contributed by atoms with Crippen LogP contribution in [0.1, 0.15) is 46.5 Å². The van der Waals surface area contributed by atoms with E-state index in [9.17, 15) is 9.50 Å². The summed E-state index contributed by atoms with van der Waals surface area (Å²) in [6, 6.07) is 0. The van der Waals surface area contributed by atoms with Crippen molar-refractivity contribution in [3.63, 3.8) is 0 Å². The molecule has 0 aromatic carbocycles. The first-order valence-electron chi connectivity index (χ1n) is 9.98. The van der Waals surface area contributed by atoms with E-state index in [-0.39, 0.29) is 4.48 Å². The van der Waals surface area contributed by atoms with Gasteiger partial charge >= 0.3 is 0 Å². The third-order valence-electron chi connectivity index (χ3n) is 5.32. The average molecular weight is 381 g/mol. The predicted octanol–water partition coefficient (Wildman–Crippen LogP) is 3.43. The Morgan fingerprint density at radius 3 is 2.93 bits per heavy atom. The Kier molecular flexibility index (Phi) is 8.35. The van der Waals surface area contributed by atoms with E-state index in [1.54, 1.807) is 12.2 Å². The highest BCUT2D eigenvalue weighted by molar-refractivity contribution is 5.76. The summed E-state index contributed by atoms with van der Waals surface area (Å²) in [5.41, 5.74) is 1.48. The van der Waals surface area contributed by atoms with Crippen molar-refractivity contribution in [2.24, 2.45) is 4.99 Å². The number of allylic oxidation sites excluding steroid dienone is 3. The van der Waals surface area contributed by atoms with Crippen LogP contribution in [0.2, 0.25) is 0 Å². The standard InChI is InChI=1S/C21H35FN3O2/c1-16(22)14-19(25(4)18(3)24-17(2)15-21(25)26)8-5-11-23-12-6-9-20-10-7-13-27-20/h5,8,14-16,20-21,23,26H,6-7,9-13H2,1-4H3/q+1/b8-5-,19-14+. The highest BCUT2D eigenvalue weighted by Crippen LogP contribution is 2.28. The highest BCUT2D eigenvalue weighted by Gasteiger charge is 2.39. The third kappa shape index (κ3) is 6.07. The maximum absolute atomic E-state index is 13.7. The van der Waals surface area contributed by atoms with E-state index in [1.165, 1.54) is 19.8 Å². The molecule has 0 aromatic rings. The number of amidine groups is 1. The van der Waals surface area contributed by atoms with E-state index in [4.69, 9.17) is 4.74 Å². The van der Waals surface area contributed by atoms with Crippen LogP contribution >= 0.6 is 0 Å². The largest absolute Gasteiger partial charge is 0.378 e. The van der Waals surface area contributed by atoms with Crippen LogP contribution in [0.15, 0.2) is 40.7 Å². The van der Waals surface area contributed by atoms with Gasteiger partial charge in [0.1, 0.15) is 11.9 Å². The molecule has 4 atom stereocenters. The van der Waals surface area contributed by atoms with Crippen LogP contribution < -0.4 is 5.32 Å². The van der Waals surface area contributed by atoms with Gasteiger partial charge in [0.15, 0.2) is 0 Å². The van der Waals surface area contributed by atoms with Crippen molar-refractivity contribution in [2.45, 2.75) is 65.0 Å². The molecule has 0 aromatic heterocycles. The average Bonchev–Trinajstić information content (AvgIpc) is 3.10. The highest BCUT2D eigenvalue weighted by atomic mass is 19.1. The second-order valence-electron chi connectivity index (χ2n) is 7.61. The molecular formula is C21H35FN3O2+. The second-order valence-corrected chi connectivity index (χ2v) is 7.61. The number of hydrogen-bond donors (Lipinski definition) is 2. The molecule has 5 nitrogen and oxygen atoms in total. The van der Waals surface area contributed by atoms with Gasteiger partial charge in [0.2, 0.25) is 12.1 Å². The number of rotatable bonds is 9. The fourth-order valence-corrected chi connectivity index (χ4v) is 3.58. The molecule has 2 heterocycles. The van der Waals surface area contributed by atoms with Crippen molar-refractivity contribution in [1.82, 2.24) is 5.32 Å². The predicted molar refractivity (Wildman–Crippen MR) is 108 cm³/mol. The summed E-state index contributed by atoms with van der Waals surface area (Å²) in [6.45, 7) is 7.75.